The van der Waals surface area contributed by atoms with Crippen LogP contribution in [0, 0.1) is 11.3 Å². The topological polar surface area (TPSA) is 103 Å². The molecule has 2 aromatic carbocycles. The highest BCUT2D eigenvalue weighted by Gasteiger charge is 2.26. The first-order valence-electron chi connectivity index (χ1n) is 12.3. The summed E-state index contributed by atoms with van der Waals surface area (Å²) in [4.78, 5) is 7.60. The van der Waals surface area contributed by atoms with Crippen molar-refractivity contribution in [1.82, 2.24) is 24.7 Å². The first-order chi connectivity index (χ1) is 17.3. The number of hydrogen-bond donors (Lipinski definition) is 2. The fourth-order valence-electron chi connectivity index (χ4n) is 4.71. The molecule has 2 heterocycles. The van der Waals surface area contributed by atoms with Gasteiger partial charge in [-0.15, -0.1) is 10.2 Å². The Bertz CT molecular complexity index is 1410. The molecule has 1 saturated carbocycles. The van der Waals surface area contributed by atoms with Crippen molar-refractivity contribution in [2.75, 3.05) is 5.75 Å². The van der Waals surface area contributed by atoms with Crippen molar-refractivity contribution in [1.29, 1.82) is 5.26 Å². The summed E-state index contributed by atoms with van der Waals surface area (Å²) >= 11 is 1.40. The lowest BCUT2D eigenvalue weighted by atomic mass is 9.86. The highest BCUT2D eigenvalue weighted by Crippen LogP contribution is 2.37. The molecule has 1 aliphatic rings. The molecule has 0 unspecified atom stereocenters. The number of aliphatic hydroxyl groups excluding tert-OH is 1. The van der Waals surface area contributed by atoms with Crippen LogP contribution in [-0.2, 0) is 5.41 Å². The number of thioether (sulfide) groups is 1. The van der Waals surface area contributed by atoms with Crippen LogP contribution in [0.2, 0.25) is 0 Å². The van der Waals surface area contributed by atoms with Gasteiger partial charge in [-0.2, -0.15) is 5.26 Å². The van der Waals surface area contributed by atoms with Gasteiger partial charge < -0.3 is 10.1 Å². The number of aliphatic hydroxyl groups is 1. The lowest BCUT2D eigenvalue weighted by Crippen LogP contribution is -2.11. The molecular formula is C28H30N6OS. The Morgan fingerprint density at radius 1 is 1.11 bits per heavy atom. The summed E-state index contributed by atoms with van der Waals surface area (Å²) in [6.45, 7) is 6.62. The number of nitrogens with zero attached hydrogens (tertiary/aromatic N) is 5. The molecule has 8 heteroatoms. The third kappa shape index (κ3) is 4.76. The minimum atomic E-state index is -0.0291. The summed E-state index contributed by atoms with van der Waals surface area (Å²) in [6.07, 6.45) is 4.54. The SMILES string of the molecule is CC(C)(C)c1ccc(-c2nnc(SC/C(O)=C(\C#N)c3nc4ccccc4[nH]3)n2C2CCCC2)cc1. The molecule has 4 aromatic rings. The van der Waals surface area contributed by atoms with E-state index in [4.69, 9.17) is 0 Å². The number of H-pyrrole nitrogens is 1. The van der Waals surface area contributed by atoms with Gasteiger partial charge >= 0.3 is 0 Å². The summed E-state index contributed by atoms with van der Waals surface area (Å²) in [6, 6.07) is 18.6. The smallest absolute Gasteiger partial charge is 0.192 e. The maximum absolute atomic E-state index is 10.9. The summed E-state index contributed by atoms with van der Waals surface area (Å²) in [5.74, 6) is 1.40. The molecule has 5 rings (SSSR count). The zero-order chi connectivity index (χ0) is 25.3. The minimum Gasteiger partial charge on any atom is -0.510 e. The second kappa shape index (κ2) is 9.82. The van der Waals surface area contributed by atoms with E-state index < -0.39 is 0 Å². The van der Waals surface area contributed by atoms with E-state index in [0.29, 0.717) is 11.9 Å². The van der Waals surface area contributed by atoms with Gasteiger partial charge in [0.15, 0.2) is 16.8 Å². The third-order valence-corrected chi connectivity index (χ3v) is 7.68. The minimum absolute atomic E-state index is 0.0291. The average Bonchev–Trinajstić information content (AvgIpc) is 3.62. The number of nitrogens with one attached hydrogen (secondary N) is 1. The summed E-state index contributed by atoms with van der Waals surface area (Å²) < 4.78 is 2.23. The van der Waals surface area contributed by atoms with Gasteiger partial charge in [0, 0.05) is 11.6 Å². The lowest BCUT2D eigenvalue weighted by molar-refractivity contribution is 0.420. The van der Waals surface area contributed by atoms with E-state index in [1.54, 1.807) is 0 Å². The Balaban J connectivity index is 1.44. The molecule has 0 radical (unpaired) electrons. The van der Waals surface area contributed by atoms with Gasteiger partial charge in [-0.25, -0.2) is 4.98 Å². The van der Waals surface area contributed by atoms with Gasteiger partial charge in [0.25, 0.3) is 0 Å². The predicted octanol–water partition coefficient (Wildman–Crippen LogP) is 6.82. The molecule has 1 aliphatic carbocycles. The van der Waals surface area contributed by atoms with Gasteiger partial charge in [0.1, 0.15) is 17.4 Å². The molecule has 0 aliphatic heterocycles. The molecule has 184 valence electrons. The van der Waals surface area contributed by atoms with Crippen LogP contribution >= 0.6 is 11.8 Å². The summed E-state index contributed by atoms with van der Waals surface area (Å²) in [5, 5.41) is 30.4. The lowest BCUT2D eigenvalue weighted by Gasteiger charge is -2.20. The number of hydrogen-bond acceptors (Lipinski definition) is 6. The number of fused-ring (bicyclic) bond motifs is 1. The van der Waals surface area contributed by atoms with Crippen LogP contribution in [0.4, 0.5) is 0 Å². The van der Waals surface area contributed by atoms with Crippen molar-refractivity contribution >= 4 is 28.4 Å². The molecule has 7 nitrogen and oxygen atoms in total. The average molecular weight is 499 g/mol. The number of para-hydroxylation sites is 2. The van der Waals surface area contributed by atoms with Crippen molar-refractivity contribution < 1.29 is 5.11 Å². The maximum atomic E-state index is 10.9. The molecule has 2 aromatic heterocycles. The van der Waals surface area contributed by atoms with Gasteiger partial charge in [0.2, 0.25) is 0 Å². The van der Waals surface area contributed by atoms with E-state index in [1.165, 1.54) is 30.2 Å². The van der Waals surface area contributed by atoms with Crippen LogP contribution in [0.3, 0.4) is 0 Å². The quantitative estimate of drug-likeness (QED) is 0.172. The zero-order valence-electron chi connectivity index (χ0n) is 20.8. The van der Waals surface area contributed by atoms with Crippen molar-refractivity contribution in [3.05, 3.63) is 65.7 Å². The highest BCUT2D eigenvalue weighted by molar-refractivity contribution is 7.99. The number of aromatic amines is 1. The molecule has 0 atom stereocenters. The zero-order valence-corrected chi connectivity index (χ0v) is 21.6. The molecule has 1 fully saturated rings. The van der Waals surface area contributed by atoms with E-state index in [9.17, 15) is 10.4 Å². The van der Waals surface area contributed by atoms with Crippen LogP contribution in [0.15, 0.2) is 59.4 Å². The van der Waals surface area contributed by atoms with Crippen LogP contribution in [0.1, 0.15) is 63.9 Å². The number of nitriles is 1. The molecule has 0 amide bonds. The second-order valence-electron chi connectivity index (χ2n) is 10.3. The molecular weight excluding hydrogens is 468 g/mol. The Morgan fingerprint density at radius 3 is 2.50 bits per heavy atom. The molecule has 36 heavy (non-hydrogen) atoms. The number of imidazole rings is 1. The van der Waals surface area contributed by atoms with Gasteiger partial charge in [-0.05, 0) is 36.0 Å². The van der Waals surface area contributed by atoms with E-state index in [2.05, 4.69) is 75.8 Å². The molecule has 2 N–H and O–H groups in total. The first kappa shape index (κ1) is 24.1. The summed E-state index contributed by atoms with van der Waals surface area (Å²) in [7, 11) is 0. The van der Waals surface area contributed by atoms with E-state index >= 15 is 0 Å². The van der Waals surface area contributed by atoms with E-state index in [1.807, 2.05) is 24.3 Å². The van der Waals surface area contributed by atoms with Crippen molar-refractivity contribution in [3.8, 4) is 17.5 Å². The van der Waals surface area contributed by atoms with Gasteiger partial charge in [-0.3, -0.25) is 4.57 Å². The Labute approximate surface area is 215 Å². The van der Waals surface area contributed by atoms with E-state index in [0.717, 1.165) is 40.4 Å². The Kier molecular flexibility index (Phi) is 6.59. The van der Waals surface area contributed by atoms with Crippen LogP contribution in [-0.4, -0.2) is 35.6 Å². The molecule has 0 spiro atoms. The predicted molar refractivity (Wildman–Crippen MR) is 144 cm³/mol. The number of rotatable bonds is 6. The summed E-state index contributed by atoms with van der Waals surface area (Å²) in [5.41, 5.74) is 4.11. The van der Waals surface area contributed by atoms with Gasteiger partial charge in [0.05, 0.1) is 16.8 Å². The largest absolute Gasteiger partial charge is 0.510 e. The maximum Gasteiger partial charge on any atom is 0.192 e. The van der Waals surface area contributed by atoms with Crippen molar-refractivity contribution in [2.24, 2.45) is 0 Å². The van der Waals surface area contributed by atoms with E-state index in [-0.39, 0.29) is 22.5 Å². The third-order valence-electron chi connectivity index (χ3n) is 6.73. The Morgan fingerprint density at radius 2 is 1.83 bits per heavy atom. The standard InChI is InChI=1S/C28H30N6OS/c1-28(2,3)19-14-12-18(13-15-19)26-32-33-27(34(26)20-8-4-5-9-20)36-17-24(35)21(16-29)25-30-22-10-6-7-11-23(22)31-25/h6-7,10-15,20,35H,4-5,8-9,17H2,1-3H3,(H,30,31)/b24-21-. The Hall–Kier alpha value is -3.57. The number of allylic oxidation sites excluding steroid dienone is 1. The second-order valence-corrected chi connectivity index (χ2v) is 11.2. The van der Waals surface area contributed by atoms with Crippen LogP contribution in [0.5, 0.6) is 0 Å². The first-order valence-corrected chi connectivity index (χ1v) is 13.3. The monoisotopic (exact) mass is 498 g/mol. The van der Waals surface area contributed by atoms with Crippen molar-refractivity contribution in [2.45, 2.75) is 63.1 Å². The fraction of sp³-hybridized carbons (Fsp3) is 0.357. The molecule has 0 saturated heterocycles. The molecule has 0 bridgehead atoms. The normalized spacial score (nSPS) is 15.3. The fourth-order valence-corrected chi connectivity index (χ4v) is 5.60. The highest BCUT2D eigenvalue weighted by atomic mass is 32.2. The van der Waals surface area contributed by atoms with Crippen LogP contribution in [0.25, 0.3) is 28.0 Å². The number of benzene rings is 2. The van der Waals surface area contributed by atoms with Gasteiger partial charge in [-0.1, -0.05) is 81.8 Å². The van der Waals surface area contributed by atoms with Crippen molar-refractivity contribution in [3.63, 3.8) is 0 Å². The number of aromatic nitrogens is 5. The van der Waals surface area contributed by atoms with Crippen LogP contribution < -0.4 is 0 Å².